The summed E-state index contributed by atoms with van der Waals surface area (Å²) in [6.07, 6.45) is 3.40. The van der Waals surface area contributed by atoms with E-state index in [-0.39, 0.29) is 18.6 Å². The molecule has 1 amide bonds. The van der Waals surface area contributed by atoms with Crippen LogP contribution >= 0.6 is 0 Å². The summed E-state index contributed by atoms with van der Waals surface area (Å²) in [6, 6.07) is 9.17. The topological polar surface area (TPSA) is 55.8 Å². The average Bonchev–Trinajstić information content (AvgIpc) is 3.13. The molecule has 3 atom stereocenters. The van der Waals surface area contributed by atoms with Crippen LogP contribution in [0, 0.1) is 5.92 Å². The number of esters is 1. The minimum atomic E-state index is -0.497. The molecule has 22 heavy (non-hydrogen) atoms. The molecular weight excluding hydrogens is 282 g/mol. The predicted octanol–water partition coefficient (Wildman–Crippen LogP) is 2.74. The Kier molecular flexibility index (Phi) is 4.32. The molecule has 5 heteroatoms. The van der Waals surface area contributed by atoms with Gasteiger partial charge in [-0.3, -0.25) is 4.90 Å². The van der Waals surface area contributed by atoms with Gasteiger partial charge in [-0.2, -0.15) is 0 Å². The summed E-state index contributed by atoms with van der Waals surface area (Å²) in [7, 11) is 1.36. The van der Waals surface area contributed by atoms with Crippen LogP contribution in [0.5, 0.6) is 0 Å². The Balaban J connectivity index is 1.69. The predicted molar refractivity (Wildman–Crippen MR) is 80.0 cm³/mol. The summed E-state index contributed by atoms with van der Waals surface area (Å²) in [5.41, 5.74) is 0.938. The van der Waals surface area contributed by atoms with Crippen LogP contribution < -0.4 is 0 Å². The molecule has 1 saturated carbocycles. The van der Waals surface area contributed by atoms with E-state index in [2.05, 4.69) is 0 Å². The third-order valence-corrected chi connectivity index (χ3v) is 4.73. The van der Waals surface area contributed by atoms with Crippen LogP contribution in [-0.2, 0) is 20.9 Å². The lowest BCUT2D eigenvalue weighted by atomic mass is 10.0. The summed E-state index contributed by atoms with van der Waals surface area (Å²) in [5.74, 6) is 0.0550. The summed E-state index contributed by atoms with van der Waals surface area (Å²) in [5, 5.41) is 0. The molecule has 3 rings (SSSR count). The lowest BCUT2D eigenvalue weighted by molar-refractivity contribution is -0.145. The fraction of sp³-hybridized carbons (Fsp3) is 0.529. The fourth-order valence-electron chi connectivity index (χ4n) is 3.69. The molecule has 0 spiro atoms. The van der Waals surface area contributed by atoms with Crippen molar-refractivity contribution in [3.05, 3.63) is 35.9 Å². The molecule has 0 N–H and O–H groups in total. The summed E-state index contributed by atoms with van der Waals surface area (Å²) < 4.78 is 10.3. The van der Waals surface area contributed by atoms with E-state index in [0.29, 0.717) is 12.3 Å². The van der Waals surface area contributed by atoms with E-state index in [1.807, 2.05) is 30.3 Å². The van der Waals surface area contributed by atoms with E-state index in [9.17, 15) is 9.59 Å². The van der Waals surface area contributed by atoms with Gasteiger partial charge in [0.15, 0.2) is 0 Å². The smallest absolute Gasteiger partial charge is 0.411 e. The number of rotatable bonds is 3. The zero-order chi connectivity index (χ0) is 15.5. The minimum absolute atomic E-state index is 0.118. The standard InChI is InChI=1S/C17H21NO4/c1-21-16(19)15-10-13-8-5-9-14(13)18(15)17(20)22-11-12-6-3-2-4-7-12/h2-4,6-7,13-15H,5,8-11H2,1H3/t13-,14-,15+/m1/s1. The van der Waals surface area contributed by atoms with Crippen molar-refractivity contribution in [2.75, 3.05) is 7.11 Å². The summed E-state index contributed by atoms with van der Waals surface area (Å²) in [4.78, 5) is 26.1. The number of methoxy groups -OCH3 is 1. The Labute approximate surface area is 130 Å². The highest BCUT2D eigenvalue weighted by atomic mass is 16.6. The number of fused-ring (bicyclic) bond motifs is 1. The number of hydrogen-bond acceptors (Lipinski definition) is 4. The van der Waals surface area contributed by atoms with E-state index < -0.39 is 12.1 Å². The highest BCUT2D eigenvalue weighted by Gasteiger charge is 2.49. The van der Waals surface area contributed by atoms with Crippen LogP contribution in [0.4, 0.5) is 4.79 Å². The Morgan fingerprint density at radius 1 is 1.23 bits per heavy atom. The van der Waals surface area contributed by atoms with Gasteiger partial charge in [-0.1, -0.05) is 36.8 Å². The van der Waals surface area contributed by atoms with Crippen molar-refractivity contribution >= 4 is 12.1 Å². The number of ether oxygens (including phenoxy) is 2. The molecule has 2 fully saturated rings. The zero-order valence-electron chi connectivity index (χ0n) is 12.7. The van der Waals surface area contributed by atoms with E-state index in [1.54, 1.807) is 4.90 Å². The molecule has 0 bridgehead atoms. The number of benzene rings is 1. The van der Waals surface area contributed by atoms with Crippen LogP contribution in [0.15, 0.2) is 30.3 Å². The molecular formula is C17H21NO4. The normalized spacial score (nSPS) is 26.6. The number of carbonyl (C=O) groups excluding carboxylic acids is 2. The minimum Gasteiger partial charge on any atom is -0.467 e. The Morgan fingerprint density at radius 2 is 2.00 bits per heavy atom. The number of likely N-dealkylation sites (tertiary alicyclic amines) is 1. The van der Waals surface area contributed by atoms with Gasteiger partial charge in [0.1, 0.15) is 12.6 Å². The van der Waals surface area contributed by atoms with Gasteiger partial charge in [-0.05, 0) is 30.7 Å². The highest BCUT2D eigenvalue weighted by Crippen LogP contribution is 2.41. The maximum Gasteiger partial charge on any atom is 0.411 e. The molecule has 0 aromatic heterocycles. The number of hydrogen-bond donors (Lipinski definition) is 0. The van der Waals surface area contributed by atoms with E-state index in [0.717, 1.165) is 24.8 Å². The average molecular weight is 303 g/mol. The third kappa shape index (κ3) is 2.80. The van der Waals surface area contributed by atoms with E-state index in [4.69, 9.17) is 9.47 Å². The quantitative estimate of drug-likeness (QED) is 0.806. The first kappa shape index (κ1) is 14.9. The van der Waals surface area contributed by atoms with Crippen LogP contribution in [0.2, 0.25) is 0 Å². The zero-order valence-corrected chi connectivity index (χ0v) is 12.7. The molecule has 2 aliphatic rings. The van der Waals surface area contributed by atoms with Crippen molar-refractivity contribution in [3.63, 3.8) is 0 Å². The number of amides is 1. The number of nitrogens with zero attached hydrogens (tertiary/aromatic N) is 1. The first-order valence-corrected chi connectivity index (χ1v) is 7.77. The molecule has 1 heterocycles. The van der Waals surface area contributed by atoms with Gasteiger partial charge in [-0.25, -0.2) is 9.59 Å². The van der Waals surface area contributed by atoms with E-state index in [1.165, 1.54) is 7.11 Å². The second-order valence-electron chi connectivity index (χ2n) is 5.98. The highest BCUT2D eigenvalue weighted by molar-refractivity contribution is 5.82. The Hall–Kier alpha value is -2.04. The van der Waals surface area contributed by atoms with Crippen molar-refractivity contribution in [1.82, 2.24) is 4.90 Å². The molecule has 1 aliphatic heterocycles. The fourth-order valence-corrected chi connectivity index (χ4v) is 3.69. The first-order chi connectivity index (χ1) is 10.7. The van der Waals surface area contributed by atoms with Crippen molar-refractivity contribution in [3.8, 4) is 0 Å². The SMILES string of the molecule is COC(=O)[C@@H]1C[C@H]2CCC[C@H]2N1C(=O)OCc1ccccc1. The maximum absolute atomic E-state index is 12.5. The summed E-state index contributed by atoms with van der Waals surface area (Å²) in [6.45, 7) is 0.224. The monoisotopic (exact) mass is 303 g/mol. The van der Waals surface area contributed by atoms with Crippen molar-refractivity contribution < 1.29 is 19.1 Å². The van der Waals surface area contributed by atoms with Crippen molar-refractivity contribution in [2.45, 2.75) is 44.4 Å². The van der Waals surface area contributed by atoms with Gasteiger partial charge in [0.25, 0.3) is 0 Å². The number of carbonyl (C=O) groups is 2. The lowest BCUT2D eigenvalue weighted by Crippen LogP contribution is -2.45. The summed E-state index contributed by atoms with van der Waals surface area (Å²) >= 11 is 0. The lowest BCUT2D eigenvalue weighted by Gasteiger charge is -2.27. The second-order valence-corrected chi connectivity index (χ2v) is 5.98. The second kappa shape index (κ2) is 6.38. The van der Waals surface area contributed by atoms with Gasteiger partial charge in [-0.15, -0.1) is 0 Å². The molecule has 0 radical (unpaired) electrons. The van der Waals surface area contributed by atoms with Crippen LogP contribution in [0.1, 0.15) is 31.2 Å². The molecule has 118 valence electrons. The van der Waals surface area contributed by atoms with Crippen LogP contribution in [0.3, 0.4) is 0 Å². The van der Waals surface area contributed by atoms with Crippen LogP contribution in [-0.4, -0.2) is 36.2 Å². The third-order valence-electron chi connectivity index (χ3n) is 4.73. The largest absolute Gasteiger partial charge is 0.467 e. The maximum atomic E-state index is 12.5. The van der Waals surface area contributed by atoms with Gasteiger partial charge in [0.2, 0.25) is 0 Å². The molecule has 5 nitrogen and oxygen atoms in total. The van der Waals surface area contributed by atoms with Crippen LogP contribution in [0.25, 0.3) is 0 Å². The van der Waals surface area contributed by atoms with E-state index >= 15 is 0 Å². The molecule has 0 unspecified atom stereocenters. The molecule has 1 aromatic carbocycles. The van der Waals surface area contributed by atoms with Gasteiger partial charge in [0, 0.05) is 6.04 Å². The molecule has 1 aliphatic carbocycles. The van der Waals surface area contributed by atoms with Gasteiger partial charge >= 0.3 is 12.1 Å². The van der Waals surface area contributed by atoms with Crippen molar-refractivity contribution in [1.29, 1.82) is 0 Å². The van der Waals surface area contributed by atoms with Gasteiger partial charge < -0.3 is 9.47 Å². The van der Waals surface area contributed by atoms with Crippen molar-refractivity contribution in [2.24, 2.45) is 5.92 Å². The van der Waals surface area contributed by atoms with Gasteiger partial charge in [0.05, 0.1) is 7.11 Å². The Bertz CT molecular complexity index is 545. The molecule has 1 aromatic rings. The Morgan fingerprint density at radius 3 is 2.73 bits per heavy atom. The first-order valence-electron chi connectivity index (χ1n) is 7.77. The molecule has 1 saturated heterocycles.